The molecule has 0 saturated heterocycles. The number of nitrogens with zero attached hydrogens (tertiary/aromatic N) is 1. The molecule has 3 rings (SSSR count). The highest BCUT2D eigenvalue weighted by Crippen LogP contribution is 2.22. The summed E-state index contributed by atoms with van der Waals surface area (Å²) in [7, 11) is 0. The van der Waals surface area contributed by atoms with E-state index in [0.29, 0.717) is 12.2 Å². The van der Waals surface area contributed by atoms with Gasteiger partial charge in [0.1, 0.15) is 10.6 Å². The van der Waals surface area contributed by atoms with Crippen LogP contribution in [0.5, 0.6) is 0 Å². The maximum absolute atomic E-state index is 12.0. The number of Topliss-reactive ketones (excluding diaryl/α,β-unsaturated/α-hetero) is 1. The number of carbonyl (C=O) groups is 1. The Hall–Kier alpha value is -1.94. The predicted octanol–water partition coefficient (Wildman–Crippen LogP) is 3.62. The Morgan fingerprint density at radius 3 is 3.06 bits per heavy atom. The van der Waals surface area contributed by atoms with E-state index in [1.807, 2.05) is 30.5 Å². The summed E-state index contributed by atoms with van der Waals surface area (Å²) in [6, 6.07) is 7.68. The Morgan fingerprint density at radius 1 is 1.39 bits per heavy atom. The number of hydrogen-bond donors (Lipinski definition) is 0. The van der Waals surface area contributed by atoms with Gasteiger partial charge in [-0.2, -0.15) is 0 Å². The normalized spacial score (nSPS) is 10.9. The molecule has 90 valence electrons. The summed E-state index contributed by atoms with van der Waals surface area (Å²) >= 11 is 1.48. The lowest BCUT2D eigenvalue weighted by Crippen LogP contribution is -2.01. The fourth-order valence-corrected chi connectivity index (χ4v) is 2.48. The fraction of sp³-hybridized carbons (Fsp3) is 0.143. The molecule has 0 aliphatic rings. The second-order valence-electron chi connectivity index (χ2n) is 4.18. The number of fused-ring (bicyclic) bond motifs is 1. The van der Waals surface area contributed by atoms with Crippen LogP contribution in [0.1, 0.15) is 21.1 Å². The Bertz CT molecular complexity index is 698. The maximum atomic E-state index is 12.0. The number of carbonyl (C=O) groups excluding carboxylic acids is 1. The van der Waals surface area contributed by atoms with Crippen molar-refractivity contribution >= 4 is 28.1 Å². The molecule has 0 amide bonds. The molecule has 0 radical (unpaired) electrons. The molecule has 0 aliphatic heterocycles. The van der Waals surface area contributed by atoms with Crippen LogP contribution in [0.3, 0.4) is 0 Å². The van der Waals surface area contributed by atoms with Gasteiger partial charge < -0.3 is 4.42 Å². The summed E-state index contributed by atoms with van der Waals surface area (Å²) in [5.41, 5.74) is 1.91. The molecule has 0 saturated carbocycles. The molecule has 1 aromatic carbocycles. The van der Waals surface area contributed by atoms with E-state index in [2.05, 4.69) is 4.98 Å². The highest BCUT2D eigenvalue weighted by Gasteiger charge is 2.14. The van der Waals surface area contributed by atoms with Crippen molar-refractivity contribution in [2.45, 2.75) is 13.3 Å². The van der Waals surface area contributed by atoms with Crippen LogP contribution in [0.15, 0.2) is 40.3 Å². The zero-order valence-corrected chi connectivity index (χ0v) is 10.7. The van der Waals surface area contributed by atoms with E-state index in [1.54, 1.807) is 12.3 Å². The van der Waals surface area contributed by atoms with Gasteiger partial charge in [0.2, 0.25) is 5.78 Å². The number of furan rings is 1. The van der Waals surface area contributed by atoms with Crippen LogP contribution in [-0.2, 0) is 6.42 Å². The van der Waals surface area contributed by atoms with Crippen molar-refractivity contribution in [3.63, 3.8) is 0 Å². The van der Waals surface area contributed by atoms with Gasteiger partial charge in [-0.3, -0.25) is 4.79 Å². The maximum Gasteiger partial charge on any atom is 0.204 e. The molecule has 0 fully saturated rings. The first-order valence-corrected chi connectivity index (χ1v) is 6.52. The molecule has 2 aromatic heterocycles. The van der Waals surface area contributed by atoms with Gasteiger partial charge in [0.15, 0.2) is 5.76 Å². The van der Waals surface area contributed by atoms with Gasteiger partial charge in [-0.15, -0.1) is 11.3 Å². The van der Waals surface area contributed by atoms with Crippen LogP contribution >= 0.6 is 11.3 Å². The molecule has 0 atom stereocenters. The van der Waals surface area contributed by atoms with Crippen molar-refractivity contribution < 1.29 is 9.21 Å². The molecule has 3 aromatic rings. The van der Waals surface area contributed by atoms with Crippen molar-refractivity contribution in [2.75, 3.05) is 0 Å². The minimum Gasteiger partial charge on any atom is -0.453 e. The Labute approximate surface area is 108 Å². The minimum atomic E-state index is -0.0289. The summed E-state index contributed by atoms with van der Waals surface area (Å²) in [5, 5.41) is 3.65. The number of ketones is 1. The average Bonchev–Trinajstić information content (AvgIpc) is 2.96. The minimum absolute atomic E-state index is 0.0289. The Balaban J connectivity index is 1.92. The molecule has 0 aliphatic carbocycles. The molecule has 0 bridgehead atoms. The number of hydrogen-bond acceptors (Lipinski definition) is 4. The van der Waals surface area contributed by atoms with Crippen molar-refractivity contribution in [3.05, 3.63) is 52.2 Å². The highest BCUT2D eigenvalue weighted by molar-refractivity contribution is 7.09. The van der Waals surface area contributed by atoms with E-state index in [-0.39, 0.29) is 5.78 Å². The third-order valence-corrected chi connectivity index (χ3v) is 3.52. The molecule has 3 nitrogen and oxygen atoms in total. The van der Waals surface area contributed by atoms with E-state index in [9.17, 15) is 4.79 Å². The smallest absolute Gasteiger partial charge is 0.204 e. The van der Waals surface area contributed by atoms with Gasteiger partial charge in [0, 0.05) is 17.0 Å². The number of rotatable bonds is 3. The molecule has 4 heteroatoms. The van der Waals surface area contributed by atoms with E-state index in [4.69, 9.17) is 4.42 Å². The third-order valence-electron chi connectivity index (χ3n) is 2.74. The van der Waals surface area contributed by atoms with Gasteiger partial charge >= 0.3 is 0 Å². The highest BCUT2D eigenvalue weighted by atomic mass is 32.1. The molecule has 0 unspecified atom stereocenters. The first kappa shape index (κ1) is 11.2. The summed E-state index contributed by atoms with van der Waals surface area (Å²) in [5.74, 6) is 0.379. The fourth-order valence-electron chi connectivity index (χ4n) is 1.86. The van der Waals surface area contributed by atoms with Crippen molar-refractivity contribution in [3.8, 4) is 0 Å². The van der Waals surface area contributed by atoms with Gasteiger partial charge in [-0.1, -0.05) is 11.6 Å². The van der Waals surface area contributed by atoms with Crippen molar-refractivity contribution in [1.29, 1.82) is 0 Å². The van der Waals surface area contributed by atoms with Crippen LogP contribution in [0.2, 0.25) is 0 Å². The molecule has 0 N–H and O–H groups in total. The number of thiazole rings is 1. The van der Waals surface area contributed by atoms with E-state index in [1.165, 1.54) is 11.3 Å². The first-order valence-electron chi connectivity index (χ1n) is 5.64. The molecule has 18 heavy (non-hydrogen) atoms. The lowest BCUT2D eigenvalue weighted by molar-refractivity contribution is 0.0968. The van der Waals surface area contributed by atoms with Crippen molar-refractivity contribution in [1.82, 2.24) is 4.98 Å². The second kappa shape index (κ2) is 4.38. The third kappa shape index (κ3) is 2.07. The lowest BCUT2D eigenvalue weighted by atomic mass is 10.1. The van der Waals surface area contributed by atoms with Crippen molar-refractivity contribution in [2.24, 2.45) is 0 Å². The summed E-state index contributed by atoms with van der Waals surface area (Å²) in [4.78, 5) is 16.1. The molecule has 2 heterocycles. The average molecular weight is 257 g/mol. The van der Waals surface area contributed by atoms with Crippen LogP contribution < -0.4 is 0 Å². The van der Waals surface area contributed by atoms with E-state index >= 15 is 0 Å². The predicted molar refractivity (Wildman–Crippen MR) is 71.1 cm³/mol. The Morgan fingerprint density at radius 2 is 2.28 bits per heavy atom. The standard InChI is InChI=1S/C14H11NO2S/c1-9-2-3-12-10(6-9)7-13(17-12)11(16)8-14-15-4-5-18-14/h2-7H,8H2,1H3. The number of aromatic nitrogens is 1. The summed E-state index contributed by atoms with van der Waals surface area (Å²) in [6.07, 6.45) is 2.01. The van der Waals surface area contributed by atoms with Crippen LogP contribution in [-0.4, -0.2) is 10.8 Å². The molecular formula is C14H11NO2S. The zero-order valence-electron chi connectivity index (χ0n) is 9.84. The number of aryl methyl sites for hydroxylation is 1. The zero-order chi connectivity index (χ0) is 12.5. The van der Waals surface area contributed by atoms with Gasteiger partial charge in [0.05, 0.1) is 6.42 Å². The quantitative estimate of drug-likeness (QED) is 0.673. The van der Waals surface area contributed by atoms with Crippen LogP contribution in [0.25, 0.3) is 11.0 Å². The lowest BCUT2D eigenvalue weighted by Gasteiger charge is -1.92. The van der Waals surface area contributed by atoms with Gasteiger partial charge in [0.25, 0.3) is 0 Å². The first-order chi connectivity index (χ1) is 8.72. The summed E-state index contributed by atoms with van der Waals surface area (Å²) < 4.78 is 5.56. The monoisotopic (exact) mass is 257 g/mol. The van der Waals surface area contributed by atoms with E-state index < -0.39 is 0 Å². The van der Waals surface area contributed by atoms with Crippen LogP contribution in [0, 0.1) is 6.92 Å². The molecular weight excluding hydrogens is 246 g/mol. The number of benzene rings is 1. The largest absolute Gasteiger partial charge is 0.453 e. The molecule has 0 spiro atoms. The topological polar surface area (TPSA) is 43.1 Å². The van der Waals surface area contributed by atoms with Gasteiger partial charge in [-0.05, 0) is 25.1 Å². The van der Waals surface area contributed by atoms with Crippen LogP contribution in [0.4, 0.5) is 0 Å². The van der Waals surface area contributed by atoms with Gasteiger partial charge in [-0.25, -0.2) is 4.98 Å². The SMILES string of the molecule is Cc1ccc2oc(C(=O)Cc3nccs3)cc2c1. The summed E-state index contributed by atoms with van der Waals surface area (Å²) in [6.45, 7) is 2.02. The Kier molecular flexibility index (Phi) is 2.72. The van der Waals surface area contributed by atoms with E-state index in [0.717, 1.165) is 21.5 Å². The second-order valence-corrected chi connectivity index (χ2v) is 5.16.